The highest BCUT2D eigenvalue weighted by Crippen LogP contribution is 2.25. The molecule has 0 bridgehead atoms. The normalized spacial score (nSPS) is 11.1. The Bertz CT molecular complexity index is 1200. The Labute approximate surface area is 175 Å². The number of aryl methyl sites for hydroxylation is 1. The zero-order valence-electron chi connectivity index (χ0n) is 17.0. The largest absolute Gasteiger partial charge is 0.483 e. The number of hydrogen-bond acceptors (Lipinski definition) is 3. The molecule has 1 aromatic heterocycles. The third-order valence-electron chi connectivity index (χ3n) is 4.99. The summed E-state index contributed by atoms with van der Waals surface area (Å²) in [6, 6.07) is 25.9. The van der Waals surface area contributed by atoms with Gasteiger partial charge in [0.25, 0.3) is 5.91 Å². The molecule has 0 unspecified atom stereocenters. The van der Waals surface area contributed by atoms with Crippen LogP contribution < -0.4 is 10.2 Å². The van der Waals surface area contributed by atoms with Crippen molar-refractivity contribution in [2.75, 3.05) is 6.61 Å². The maximum Gasteiger partial charge on any atom is 0.277 e. The van der Waals surface area contributed by atoms with E-state index in [1.807, 2.05) is 80.6 Å². The summed E-state index contributed by atoms with van der Waals surface area (Å²) in [5.74, 6) is 0.370. The fourth-order valence-electron chi connectivity index (χ4n) is 3.56. The molecule has 5 heteroatoms. The summed E-state index contributed by atoms with van der Waals surface area (Å²) in [5, 5.41) is 6.16. The summed E-state index contributed by atoms with van der Waals surface area (Å²) in [6.07, 6.45) is 1.66. The first kappa shape index (κ1) is 19.5. The Morgan fingerprint density at radius 3 is 2.57 bits per heavy atom. The minimum absolute atomic E-state index is 0.103. The second-order valence-electron chi connectivity index (χ2n) is 7.06. The fourth-order valence-corrected chi connectivity index (χ4v) is 3.56. The summed E-state index contributed by atoms with van der Waals surface area (Å²) in [7, 11) is 0. The van der Waals surface area contributed by atoms with Crippen LogP contribution in [0.25, 0.3) is 16.5 Å². The van der Waals surface area contributed by atoms with Gasteiger partial charge in [-0.25, -0.2) is 5.43 Å². The number of hydrazone groups is 1. The molecule has 30 heavy (non-hydrogen) atoms. The van der Waals surface area contributed by atoms with Crippen LogP contribution in [-0.2, 0) is 4.79 Å². The van der Waals surface area contributed by atoms with Gasteiger partial charge in [-0.15, -0.1) is 0 Å². The van der Waals surface area contributed by atoms with E-state index in [1.165, 1.54) is 0 Å². The van der Waals surface area contributed by atoms with Crippen LogP contribution in [0.15, 0.2) is 84.0 Å². The highest BCUT2D eigenvalue weighted by Gasteiger charge is 2.09. The Kier molecular flexibility index (Phi) is 5.61. The smallest absolute Gasteiger partial charge is 0.277 e. The lowest BCUT2D eigenvalue weighted by atomic mass is 10.1. The van der Waals surface area contributed by atoms with E-state index in [-0.39, 0.29) is 12.5 Å². The number of aromatic nitrogens is 1. The highest BCUT2D eigenvalue weighted by atomic mass is 16.5. The third kappa shape index (κ3) is 4.10. The molecule has 0 saturated heterocycles. The van der Waals surface area contributed by atoms with Crippen LogP contribution in [0.1, 0.15) is 17.0 Å². The van der Waals surface area contributed by atoms with Gasteiger partial charge in [-0.2, -0.15) is 5.10 Å². The summed E-state index contributed by atoms with van der Waals surface area (Å²) < 4.78 is 7.86. The van der Waals surface area contributed by atoms with Crippen molar-refractivity contribution in [1.29, 1.82) is 0 Å². The van der Waals surface area contributed by atoms with E-state index in [0.29, 0.717) is 5.75 Å². The lowest BCUT2D eigenvalue weighted by Gasteiger charge is -2.09. The fraction of sp³-hybridized carbons (Fsp3) is 0.120. The minimum atomic E-state index is -0.309. The monoisotopic (exact) mass is 397 g/mol. The van der Waals surface area contributed by atoms with E-state index in [1.54, 1.807) is 6.21 Å². The molecule has 4 aromatic rings. The van der Waals surface area contributed by atoms with Crippen LogP contribution in [0.3, 0.4) is 0 Å². The van der Waals surface area contributed by atoms with Gasteiger partial charge >= 0.3 is 0 Å². The van der Waals surface area contributed by atoms with Gasteiger partial charge in [0.1, 0.15) is 5.75 Å². The van der Waals surface area contributed by atoms with Crippen molar-refractivity contribution in [3.63, 3.8) is 0 Å². The van der Waals surface area contributed by atoms with Gasteiger partial charge in [-0.3, -0.25) is 4.79 Å². The molecule has 0 radical (unpaired) electrons. The first-order valence-corrected chi connectivity index (χ1v) is 9.80. The van der Waals surface area contributed by atoms with E-state index in [2.05, 4.69) is 27.2 Å². The van der Waals surface area contributed by atoms with E-state index >= 15 is 0 Å². The van der Waals surface area contributed by atoms with E-state index in [4.69, 9.17) is 4.74 Å². The second-order valence-corrected chi connectivity index (χ2v) is 7.06. The summed E-state index contributed by atoms with van der Waals surface area (Å²) in [4.78, 5) is 12.2. The minimum Gasteiger partial charge on any atom is -0.483 e. The van der Waals surface area contributed by atoms with Crippen molar-refractivity contribution in [1.82, 2.24) is 9.99 Å². The summed E-state index contributed by atoms with van der Waals surface area (Å²) in [6.45, 7) is 3.98. The number of carbonyl (C=O) groups excluding carboxylic acids is 1. The number of amides is 1. The molecular formula is C25H23N3O2. The molecule has 0 aliphatic rings. The van der Waals surface area contributed by atoms with Crippen molar-refractivity contribution in [2.24, 2.45) is 5.10 Å². The van der Waals surface area contributed by atoms with Crippen LogP contribution in [0.2, 0.25) is 0 Å². The zero-order valence-corrected chi connectivity index (χ0v) is 17.0. The van der Waals surface area contributed by atoms with Crippen molar-refractivity contribution < 1.29 is 9.53 Å². The van der Waals surface area contributed by atoms with E-state index < -0.39 is 0 Å². The molecule has 0 aliphatic carbocycles. The van der Waals surface area contributed by atoms with Crippen LogP contribution in [0.5, 0.6) is 5.75 Å². The third-order valence-corrected chi connectivity index (χ3v) is 4.99. The zero-order chi connectivity index (χ0) is 20.9. The average Bonchev–Trinajstić information content (AvgIpc) is 3.06. The number of carbonyl (C=O) groups is 1. The summed E-state index contributed by atoms with van der Waals surface area (Å²) in [5.41, 5.74) is 6.75. The molecule has 0 fully saturated rings. The molecule has 3 aromatic carbocycles. The average molecular weight is 397 g/mol. The SMILES string of the molecule is Cc1cc(/C=N\NC(=O)COc2cccc3ccccc23)c(C)n1-c1ccccc1. The van der Waals surface area contributed by atoms with E-state index in [0.717, 1.165) is 33.4 Å². The molecule has 5 nitrogen and oxygen atoms in total. The van der Waals surface area contributed by atoms with Gasteiger partial charge in [0.15, 0.2) is 6.61 Å². The first-order chi connectivity index (χ1) is 14.6. The molecular weight excluding hydrogens is 374 g/mol. The standard InChI is InChI=1S/C25H23N3O2/c1-18-15-21(19(2)28(18)22-11-4-3-5-12-22)16-26-27-25(29)17-30-24-14-8-10-20-9-6-7-13-23(20)24/h3-16H,17H2,1-2H3,(H,27,29)/b26-16-. The second kappa shape index (κ2) is 8.66. The van der Waals surface area contributed by atoms with Crippen LogP contribution in [-0.4, -0.2) is 23.3 Å². The topological polar surface area (TPSA) is 55.6 Å². The first-order valence-electron chi connectivity index (χ1n) is 9.80. The quantitative estimate of drug-likeness (QED) is 0.376. The highest BCUT2D eigenvalue weighted by molar-refractivity contribution is 5.89. The van der Waals surface area contributed by atoms with Crippen molar-refractivity contribution in [3.05, 3.63) is 95.8 Å². The Morgan fingerprint density at radius 2 is 1.73 bits per heavy atom. The summed E-state index contributed by atoms with van der Waals surface area (Å²) >= 11 is 0. The maximum atomic E-state index is 12.2. The van der Waals surface area contributed by atoms with E-state index in [9.17, 15) is 4.79 Å². The molecule has 0 spiro atoms. The molecule has 150 valence electrons. The number of nitrogens with one attached hydrogen (secondary N) is 1. The van der Waals surface area contributed by atoms with Crippen molar-refractivity contribution in [2.45, 2.75) is 13.8 Å². The number of ether oxygens (including phenoxy) is 1. The van der Waals surface area contributed by atoms with Crippen molar-refractivity contribution in [3.8, 4) is 11.4 Å². The van der Waals surface area contributed by atoms with Gasteiger partial charge in [0.05, 0.1) is 6.21 Å². The molecule has 0 aliphatic heterocycles. The number of hydrogen-bond donors (Lipinski definition) is 1. The lowest BCUT2D eigenvalue weighted by molar-refractivity contribution is -0.123. The van der Waals surface area contributed by atoms with Gasteiger partial charge in [0.2, 0.25) is 0 Å². The molecule has 0 atom stereocenters. The molecule has 1 heterocycles. The molecule has 0 saturated carbocycles. The van der Waals surface area contributed by atoms with Crippen LogP contribution >= 0.6 is 0 Å². The van der Waals surface area contributed by atoms with Gasteiger partial charge in [-0.05, 0) is 43.5 Å². The van der Waals surface area contributed by atoms with Crippen molar-refractivity contribution >= 4 is 22.9 Å². The predicted octanol–water partition coefficient (Wildman–Crippen LogP) is 4.78. The molecule has 1 amide bonds. The lowest BCUT2D eigenvalue weighted by Crippen LogP contribution is -2.24. The number of para-hydroxylation sites is 1. The predicted molar refractivity (Wildman–Crippen MR) is 120 cm³/mol. The van der Waals surface area contributed by atoms with Crippen LogP contribution in [0.4, 0.5) is 0 Å². The maximum absolute atomic E-state index is 12.2. The number of rotatable bonds is 6. The number of nitrogens with zero attached hydrogens (tertiary/aromatic N) is 2. The number of benzene rings is 3. The molecule has 4 rings (SSSR count). The Balaban J connectivity index is 1.40. The Morgan fingerprint density at radius 1 is 1.00 bits per heavy atom. The van der Waals surface area contributed by atoms with Gasteiger partial charge in [0, 0.05) is 28.0 Å². The molecule has 1 N–H and O–H groups in total. The van der Waals surface area contributed by atoms with Gasteiger partial charge < -0.3 is 9.30 Å². The van der Waals surface area contributed by atoms with Crippen LogP contribution in [0, 0.1) is 13.8 Å². The van der Waals surface area contributed by atoms with Gasteiger partial charge in [-0.1, -0.05) is 54.6 Å². The number of fused-ring (bicyclic) bond motifs is 1. The Hall–Kier alpha value is -3.86.